The van der Waals surface area contributed by atoms with E-state index in [1.54, 1.807) is 36.5 Å². The van der Waals surface area contributed by atoms with E-state index in [9.17, 15) is 14.5 Å². The Balaban J connectivity index is 1.72. The Morgan fingerprint density at radius 2 is 1.91 bits per heavy atom. The van der Waals surface area contributed by atoms with Crippen molar-refractivity contribution in [1.29, 1.82) is 0 Å². The Hall–Kier alpha value is -3.58. The summed E-state index contributed by atoms with van der Waals surface area (Å²) in [5.41, 5.74) is 2.67. The number of fused-ring (bicyclic) bond motifs is 1. The van der Waals surface area contributed by atoms with E-state index < -0.39 is 5.92 Å². The monoisotopic (exact) mass is 454 g/mol. The number of benzene rings is 3. The standard InChI is InChI=1S/C24H20ClFN2O4/c1-31-23-11-16(10-20(25)24(23)32-14-15-6-2-4-8-21(15)26)19(13-28(29)30)18-12-27-22-9-5-3-7-17(18)22/h2-12,19,27H,13-14H2,1H3/t19-/m0/s1. The minimum Gasteiger partial charge on any atom is -0.493 e. The number of aromatic amines is 1. The van der Waals surface area contributed by atoms with Gasteiger partial charge in [-0.05, 0) is 35.4 Å². The number of ether oxygens (including phenoxy) is 2. The molecule has 1 atom stereocenters. The second-order valence-corrected chi connectivity index (χ2v) is 7.68. The smallest absolute Gasteiger partial charge is 0.214 e. The number of para-hydroxylation sites is 1. The highest BCUT2D eigenvalue weighted by Crippen LogP contribution is 2.41. The minimum atomic E-state index is -0.562. The molecule has 0 aliphatic carbocycles. The maximum atomic E-state index is 13.9. The van der Waals surface area contributed by atoms with Crippen molar-refractivity contribution >= 4 is 22.5 Å². The zero-order valence-electron chi connectivity index (χ0n) is 17.2. The van der Waals surface area contributed by atoms with Gasteiger partial charge in [0.2, 0.25) is 6.54 Å². The van der Waals surface area contributed by atoms with Crippen molar-refractivity contribution in [2.75, 3.05) is 13.7 Å². The average molecular weight is 455 g/mol. The molecular weight excluding hydrogens is 435 g/mol. The van der Waals surface area contributed by atoms with Gasteiger partial charge < -0.3 is 14.5 Å². The van der Waals surface area contributed by atoms with Crippen LogP contribution in [0, 0.1) is 15.9 Å². The van der Waals surface area contributed by atoms with E-state index in [1.165, 1.54) is 13.2 Å². The summed E-state index contributed by atoms with van der Waals surface area (Å²) in [7, 11) is 1.46. The predicted octanol–water partition coefficient (Wildman–Crippen LogP) is 5.96. The summed E-state index contributed by atoms with van der Waals surface area (Å²) in [6.45, 7) is -0.361. The zero-order valence-corrected chi connectivity index (χ0v) is 17.9. The number of halogens is 2. The minimum absolute atomic E-state index is 0.0388. The molecule has 0 bridgehead atoms. The highest BCUT2D eigenvalue weighted by molar-refractivity contribution is 6.32. The fraction of sp³-hybridized carbons (Fsp3) is 0.167. The lowest BCUT2D eigenvalue weighted by Crippen LogP contribution is -2.14. The van der Waals surface area contributed by atoms with Crippen LogP contribution >= 0.6 is 11.6 Å². The van der Waals surface area contributed by atoms with Crippen LogP contribution in [0.3, 0.4) is 0 Å². The lowest BCUT2D eigenvalue weighted by atomic mass is 9.90. The molecule has 0 spiro atoms. The van der Waals surface area contributed by atoms with Gasteiger partial charge in [-0.1, -0.05) is 48.0 Å². The maximum Gasteiger partial charge on any atom is 0.214 e. The van der Waals surface area contributed by atoms with E-state index in [-0.39, 0.29) is 34.7 Å². The maximum absolute atomic E-state index is 13.9. The summed E-state index contributed by atoms with van der Waals surface area (Å²) >= 11 is 6.50. The lowest BCUT2D eigenvalue weighted by Gasteiger charge is -2.18. The molecule has 0 aliphatic rings. The summed E-state index contributed by atoms with van der Waals surface area (Å²) in [5, 5.41) is 12.6. The fourth-order valence-electron chi connectivity index (χ4n) is 3.76. The molecule has 164 valence electrons. The molecule has 0 saturated heterocycles. The van der Waals surface area contributed by atoms with Crippen molar-refractivity contribution in [2.24, 2.45) is 0 Å². The lowest BCUT2D eigenvalue weighted by molar-refractivity contribution is -0.481. The third kappa shape index (κ3) is 4.38. The Kier molecular flexibility index (Phi) is 6.28. The predicted molar refractivity (Wildman–Crippen MR) is 121 cm³/mol. The van der Waals surface area contributed by atoms with Crippen molar-refractivity contribution in [3.63, 3.8) is 0 Å². The van der Waals surface area contributed by atoms with E-state index in [2.05, 4.69) is 4.98 Å². The van der Waals surface area contributed by atoms with Gasteiger partial charge in [0.15, 0.2) is 11.5 Å². The van der Waals surface area contributed by atoms with Crippen LogP contribution in [0.25, 0.3) is 10.9 Å². The molecule has 0 unspecified atom stereocenters. The number of nitrogens with zero attached hydrogens (tertiary/aromatic N) is 1. The summed E-state index contributed by atoms with van der Waals surface area (Å²) in [4.78, 5) is 14.3. The van der Waals surface area contributed by atoms with Gasteiger partial charge in [0.05, 0.1) is 18.1 Å². The van der Waals surface area contributed by atoms with Crippen molar-refractivity contribution < 1.29 is 18.8 Å². The topological polar surface area (TPSA) is 77.4 Å². The van der Waals surface area contributed by atoms with Gasteiger partial charge in [-0.15, -0.1) is 0 Å². The molecule has 1 aromatic heterocycles. The van der Waals surface area contributed by atoms with Gasteiger partial charge >= 0.3 is 0 Å². The van der Waals surface area contributed by atoms with E-state index >= 15 is 0 Å². The van der Waals surface area contributed by atoms with Crippen LogP contribution in [0.5, 0.6) is 11.5 Å². The zero-order chi connectivity index (χ0) is 22.7. The average Bonchev–Trinajstić information content (AvgIpc) is 3.21. The molecule has 4 aromatic rings. The molecule has 0 amide bonds. The number of hydrogen-bond acceptors (Lipinski definition) is 4. The van der Waals surface area contributed by atoms with Gasteiger partial charge in [-0.25, -0.2) is 4.39 Å². The summed E-state index contributed by atoms with van der Waals surface area (Å²) in [5.74, 6) is -0.380. The summed E-state index contributed by atoms with van der Waals surface area (Å²) < 4.78 is 25.2. The van der Waals surface area contributed by atoms with Gasteiger partial charge in [0.1, 0.15) is 12.4 Å². The van der Waals surface area contributed by atoms with Crippen LogP contribution in [-0.4, -0.2) is 23.6 Å². The molecule has 1 N–H and O–H groups in total. The number of aromatic nitrogens is 1. The summed E-state index contributed by atoms with van der Waals surface area (Å²) in [6.07, 6.45) is 1.78. The first-order valence-corrected chi connectivity index (χ1v) is 10.3. The Morgan fingerprint density at radius 3 is 2.66 bits per heavy atom. The molecule has 3 aromatic carbocycles. The molecule has 1 heterocycles. The first-order valence-electron chi connectivity index (χ1n) is 9.89. The number of rotatable bonds is 8. The van der Waals surface area contributed by atoms with E-state index in [4.69, 9.17) is 21.1 Å². The van der Waals surface area contributed by atoms with Crippen LogP contribution in [0.2, 0.25) is 5.02 Å². The normalized spacial score (nSPS) is 12.0. The number of nitro groups is 1. The summed E-state index contributed by atoms with van der Waals surface area (Å²) in [6, 6.07) is 17.2. The second kappa shape index (κ2) is 9.28. The van der Waals surface area contributed by atoms with E-state index in [1.807, 2.05) is 24.3 Å². The molecule has 0 aliphatic heterocycles. The van der Waals surface area contributed by atoms with E-state index in [0.29, 0.717) is 16.9 Å². The van der Waals surface area contributed by atoms with Crippen molar-refractivity contribution in [3.8, 4) is 11.5 Å². The highest BCUT2D eigenvalue weighted by atomic mass is 35.5. The SMILES string of the molecule is COc1cc([C@H](C[N+](=O)[O-])c2c[nH]c3ccccc23)cc(Cl)c1OCc1ccccc1F. The molecule has 6 nitrogen and oxygen atoms in total. The van der Waals surface area contributed by atoms with Crippen LogP contribution in [-0.2, 0) is 6.61 Å². The third-order valence-electron chi connectivity index (χ3n) is 5.31. The Labute approximate surface area is 188 Å². The number of methoxy groups -OCH3 is 1. The molecule has 4 rings (SSSR count). The second-order valence-electron chi connectivity index (χ2n) is 7.27. The van der Waals surface area contributed by atoms with Crippen molar-refractivity contribution in [1.82, 2.24) is 4.98 Å². The van der Waals surface area contributed by atoms with Crippen LogP contribution in [0.1, 0.15) is 22.6 Å². The quantitative estimate of drug-likeness (QED) is 0.263. The molecular formula is C24H20ClFN2O4. The number of H-pyrrole nitrogens is 1. The third-order valence-corrected chi connectivity index (χ3v) is 5.59. The molecule has 0 radical (unpaired) electrons. The van der Waals surface area contributed by atoms with Gasteiger partial charge in [0.25, 0.3) is 0 Å². The molecule has 32 heavy (non-hydrogen) atoms. The molecule has 0 saturated carbocycles. The highest BCUT2D eigenvalue weighted by Gasteiger charge is 2.26. The van der Waals surface area contributed by atoms with E-state index in [0.717, 1.165) is 16.5 Å². The fourth-order valence-corrected chi connectivity index (χ4v) is 4.03. The van der Waals surface area contributed by atoms with Gasteiger partial charge in [0, 0.05) is 27.6 Å². The number of hydrogen-bond donors (Lipinski definition) is 1. The first kappa shape index (κ1) is 21.6. The van der Waals surface area contributed by atoms with Crippen molar-refractivity contribution in [3.05, 3.63) is 105 Å². The van der Waals surface area contributed by atoms with Crippen LogP contribution in [0.4, 0.5) is 4.39 Å². The number of nitrogens with one attached hydrogen (secondary N) is 1. The van der Waals surface area contributed by atoms with Crippen molar-refractivity contribution in [2.45, 2.75) is 12.5 Å². The largest absolute Gasteiger partial charge is 0.493 e. The first-order chi connectivity index (χ1) is 15.5. The Bertz CT molecular complexity index is 1270. The van der Waals surface area contributed by atoms with Crippen LogP contribution < -0.4 is 9.47 Å². The Morgan fingerprint density at radius 1 is 1.16 bits per heavy atom. The van der Waals surface area contributed by atoms with Gasteiger partial charge in [-0.2, -0.15) is 0 Å². The molecule has 0 fully saturated rings. The molecule has 8 heteroatoms. The van der Waals surface area contributed by atoms with Gasteiger partial charge in [-0.3, -0.25) is 10.1 Å². The van der Waals surface area contributed by atoms with Crippen LogP contribution in [0.15, 0.2) is 66.9 Å².